The molecule has 100 valence electrons. The fraction of sp³-hybridized carbons (Fsp3) is 0.200. The van der Waals surface area contributed by atoms with Gasteiger partial charge in [0.25, 0.3) is 0 Å². The Balaban J connectivity index is 2.22. The first kappa shape index (κ1) is 13.8. The van der Waals surface area contributed by atoms with E-state index in [-0.39, 0.29) is 5.02 Å². The van der Waals surface area contributed by atoms with E-state index < -0.39 is 11.9 Å². The fourth-order valence-electron chi connectivity index (χ4n) is 1.97. The van der Waals surface area contributed by atoms with E-state index in [1.807, 2.05) is 24.3 Å². The van der Waals surface area contributed by atoms with E-state index in [2.05, 4.69) is 0 Å². The molecule has 0 aliphatic carbocycles. The van der Waals surface area contributed by atoms with Crippen molar-refractivity contribution < 1.29 is 14.2 Å². The molecule has 0 aliphatic rings. The van der Waals surface area contributed by atoms with E-state index in [0.29, 0.717) is 17.7 Å². The Kier molecular flexibility index (Phi) is 4.40. The molecule has 1 unspecified atom stereocenters. The van der Waals surface area contributed by atoms with E-state index in [9.17, 15) is 9.50 Å². The molecule has 0 fully saturated rings. The molecular formula is C15H14ClFO2. The van der Waals surface area contributed by atoms with Gasteiger partial charge in [-0.2, -0.15) is 0 Å². The van der Waals surface area contributed by atoms with Crippen LogP contribution in [0.2, 0.25) is 5.02 Å². The van der Waals surface area contributed by atoms with Crippen molar-refractivity contribution in [2.75, 3.05) is 7.11 Å². The van der Waals surface area contributed by atoms with Crippen LogP contribution in [0.25, 0.3) is 0 Å². The Hall–Kier alpha value is -1.58. The number of para-hydroxylation sites is 1. The molecule has 1 atom stereocenters. The molecule has 2 nitrogen and oxygen atoms in total. The summed E-state index contributed by atoms with van der Waals surface area (Å²) in [5.41, 5.74) is 1.31. The van der Waals surface area contributed by atoms with Gasteiger partial charge in [-0.15, -0.1) is 0 Å². The molecule has 0 bridgehead atoms. The number of methoxy groups -OCH3 is 1. The van der Waals surface area contributed by atoms with Crippen molar-refractivity contribution in [3.05, 3.63) is 64.4 Å². The van der Waals surface area contributed by atoms with Crippen molar-refractivity contribution in [2.24, 2.45) is 0 Å². The smallest absolute Gasteiger partial charge is 0.125 e. The highest BCUT2D eigenvalue weighted by molar-refractivity contribution is 6.30. The largest absolute Gasteiger partial charge is 0.496 e. The number of benzene rings is 2. The molecule has 0 saturated carbocycles. The van der Waals surface area contributed by atoms with Gasteiger partial charge in [-0.05, 0) is 35.4 Å². The summed E-state index contributed by atoms with van der Waals surface area (Å²) in [5, 5.41) is 10.4. The van der Waals surface area contributed by atoms with Gasteiger partial charge in [0.2, 0.25) is 0 Å². The zero-order valence-electron chi connectivity index (χ0n) is 10.4. The van der Waals surface area contributed by atoms with Crippen LogP contribution in [0.4, 0.5) is 4.39 Å². The van der Waals surface area contributed by atoms with E-state index in [4.69, 9.17) is 16.3 Å². The van der Waals surface area contributed by atoms with Crippen LogP contribution in [0.15, 0.2) is 42.5 Å². The van der Waals surface area contributed by atoms with Gasteiger partial charge in [0.15, 0.2) is 0 Å². The third-order valence-corrected chi connectivity index (χ3v) is 3.09. The molecule has 2 aromatic carbocycles. The Morgan fingerprint density at radius 3 is 2.68 bits per heavy atom. The molecular weight excluding hydrogens is 267 g/mol. The zero-order chi connectivity index (χ0) is 13.8. The number of hydrogen-bond acceptors (Lipinski definition) is 2. The molecule has 0 aliphatic heterocycles. The number of aliphatic hydroxyl groups excluding tert-OH is 1. The maximum Gasteiger partial charge on any atom is 0.125 e. The van der Waals surface area contributed by atoms with E-state index >= 15 is 0 Å². The van der Waals surface area contributed by atoms with Crippen LogP contribution in [0.1, 0.15) is 17.2 Å². The van der Waals surface area contributed by atoms with E-state index in [1.165, 1.54) is 12.1 Å². The van der Waals surface area contributed by atoms with Crippen molar-refractivity contribution in [2.45, 2.75) is 12.5 Å². The first-order valence-corrected chi connectivity index (χ1v) is 6.24. The van der Waals surface area contributed by atoms with Crippen LogP contribution in [-0.4, -0.2) is 12.2 Å². The van der Waals surface area contributed by atoms with Crippen molar-refractivity contribution >= 4 is 11.6 Å². The lowest BCUT2D eigenvalue weighted by Crippen LogP contribution is -2.04. The first-order valence-electron chi connectivity index (χ1n) is 5.86. The zero-order valence-corrected chi connectivity index (χ0v) is 11.2. The topological polar surface area (TPSA) is 29.5 Å². The van der Waals surface area contributed by atoms with Gasteiger partial charge in [-0.1, -0.05) is 29.8 Å². The third kappa shape index (κ3) is 3.46. The van der Waals surface area contributed by atoms with Gasteiger partial charge in [0, 0.05) is 11.4 Å². The summed E-state index contributed by atoms with van der Waals surface area (Å²) in [6, 6.07) is 11.5. The predicted molar refractivity (Wildman–Crippen MR) is 73.1 cm³/mol. The molecule has 0 radical (unpaired) electrons. The number of hydrogen-bond donors (Lipinski definition) is 1. The standard InChI is InChI=1S/C15H14ClFO2/c1-19-15-5-3-2-4-10(15)8-14(18)11-6-12(16)9-13(17)7-11/h2-7,9,14,18H,8H2,1H3. The Bertz CT molecular complexity index is 552. The predicted octanol–water partition coefficient (Wildman–Crippen LogP) is 3.76. The minimum atomic E-state index is -0.829. The highest BCUT2D eigenvalue weighted by Crippen LogP contribution is 2.26. The summed E-state index contributed by atoms with van der Waals surface area (Å²) in [5.74, 6) is 0.241. The SMILES string of the molecule is COc1ccccc1CC(O)c1cc(F)cc(Cl)c1. The number of halogens is 2. The van der Waals surface area contributed by atoms with Crippen molar-refractivity contribution in [3.63, 3.8) is 0 Å². The molecule has 0 spiro atoms. The average molecular weight is 281 g/mol. The lowest BCUT2D eigenvalue weighted by Gasteiger charge is -2.14. The molecule has 0 saturated heterocycles. The summed E-state index contributed by atoms with van der Waals surface area (Å²) in [6.45, 7) is 0. The maximum absolute atomic E-state index is 13.3. The van der Waals surface area contributed by atoms with Gasteiger partial charge in [-0.3, -0.25) is 0 Å². The molecule has 0 aromatic heterocycles. The second kappa shape index (κ2) is 6.04. The number of aliphatic hydroxyl groups is 1. The summed E-state index contributed by atoms with van der Waals surface area (Å²) >= 11 is 5.78. The fourth-order valence-corrected chi connectivity index (χ4v) is 2.20. The van der Waals surface area contributed by atoms with Crippen LogP contribution in [0, 0.1) is 5.82 Å². The lowest BCUT2D eigenvalue weighted by molar-refractivity contribution is 0.177. The Labute approximate surface area is 116 Å². The minimum absolute atomic E-state index is 0.272. The molecule has 0 amide bonds. The second-order valence-corrected chi connectivity index (χ2v) is 4.67. The van der Waals surface area contributed by atoms with Gasteiger partial charge in [-0.25, -0.2) is 4.39 Å². The molecule has 4 heteroatoms. The van der Waals surface area contributed by atoms with Gasteiger partial charge >= 0.3 is 0 Å². The van der Waals surface area contributed by atoms with Crippen molar-refractivity contribution in [3.8, 4) is 5.75 Å². The molecule has 1 N–H and O–H groups in total. The van der Waals surface area contributed by atoms with Crippen molar-refractivity contribution in [1.82, 2.24) is 0 Å². The number of ether oxygens (including phenoxy) is 1. The normalized spacial score (nSPS) is 12.2. The van der Waals surface area contributed by atoms with Gasteiger partial charge in [0.1, 0.15) is 11.6 Å². The van der Waals surface area contributed by atoms with Gasteiger partial charge in [0.05, 0.1) is 13.2 Å². The monoisotopic (exact) mass is 280 g/mol. The summed E-state index contributed by atoms with van der Waals surface area (Å²) < 4.78 is 18.5. The molecule has 19 heavy (non-hydrogen) atoms. The van der Waals surface area contributed by atoms with Gasteiger partial charge < -0.3 is 9.84 Å². The number of rotatable bonds is 4. The Morgan fingerprint density at radius 2 is 2.00 bits per heavy atom. The molecule has 2 aromatic rings. The van der Waals surface area contributed by atoms with Crippen LogP contribution < -0.4 is 4.74 Å². The second-order valence-electron chi connectivity index (χ2n) is 4.23. The van der Waals surface area contributed by atoms with Crippen LogP contribution in [0.3, 0.4) is 0 Å². The maximum atomic E-state index is 13.3. The lowest BCUT2D eigenvalue weighted by atomic mass is 10.0. The highest BCUT2D eigenvalue weighted by atomic mass is 35.5. The van der Waals surface area contributed by atoms with E-state index in [0.717, 1.165) is 5.56 Å². The minimum Gasteiger partial charge on any atom is -0.496 e. The molecule has 0 heterocycles. The van der Waals surface area contributed by atoms with Crippen LogP contribution in [-0.2, 0) is 6.42 Å². The van der Waals surface area contributed by atoms with Crippen molar-refractivity contribution in [1.29, 1.82) is 0 Å². The quantitative estimate of drug-likeness (QED) is 0.924. The summed E-state index contributed by atoms with van der Waals surface area (Å²) in [6.07, 6.45) is -0.492. The van der Waals surface area contributed by atoms with E-state index in [1.54, 1.807) is 13.2 Å². The molecule has 2 rings (SSSR count). The highest BCUT2D eigenvalue weighted by Gasteiger charge is 2.13. The summed E-state index contributed by atoms with van der Waals surface area (Å²) in [7, 11) is 1.57. The Morgan fingerprint density at radius 1 is 1.26 bits per heavy atom. The van der Waals surface area contributed by atoms with Crippen LogP contribution >= 0.6 is 11.6 Å². The average Bonchev–Trinajstić information content (AvgIpc) is 2.38. The summed E-state index contributed by atoms with van der Waals surface area (Å²) in [4.78, 5) is 0. The third-order valence-electron chi connectivity index (χ3n) is 2.88. The van der Waals surface area contributed by atoms with Crippen LogP contribution in [0.5, 0.6) is 5.75 Å². The first-order chi connectivity index (χ1) is 9.10.